The van der Waals surface area contributed by atoms with Crippen molar-refractivity contribution in [1.82, 2.24) is 0 Å². The van der Waals surface area contributed by atoms with Crippen molar-refractivity contribution in [3.63, 3.8) is 0 Å². The second-order valence-electron chi connectivity index (χ2n) is 3.54. The fourth-order valence-corrected chi connectivity index (χ4v) is 1.29. The first-order chi connectivity index (χ1) is 7.25. The van der Waals surface area contributed by atoms with E-state index in [1.807, 2.05) is 0 Å². The van der Waals surface area contributed by atoms with Crippen molar-refractivity contribution in [3.8, 4) is 5.75 Å². The monoisotopic (exact) mass is 208 g/mol. The van der Waals surface area contributed by atoms with E-state index < -0.39 is 5.97 Å². The molecule has 0 radical (unpaired) electrons. The zero-order valence-electron chi connectivity index (χ0n) is 8.18. The van der Waals surface area contributed by atoms with E-state index in [9.17, 15) is 4.79 Å². The SMILES string of the molecule is O=C(O)c1ccc(OCC2COC2)cc1. The third-order valence-electron chi connectivity index (χ3n) is 2.29. The Labute approximate surface area is 87.4 Å². The van der Waals surface area contributed by atoms with Crippen LogP contribution in [0.25, 0.3) is 0 Å². The molecule has 4 heteroatoms. The van der Waals surface area contributed by atoms with Gasteiger partial charge in [-0.25, -0.2) is 4.79 Å². The molecule has 0 unspecified atom stereocenters. The Morgan fingerprint density at radius 2 is 2.07 bits per heavy atom. The Bertz CT molecular complexity index is 340. The van der Waals surface area contributed by atoms with E-state index in [-0.39, 0.29) is 5.56 Å². The van der Waals surface area contributed by atoms with Gasteiger partial charge in [-0.2, -0.15) is 0 Å². The number of carbonyl (C=O) groups is 1. The van der Waals surface area contributed by atoms with Gasteiger partial charge in [-0.3, -0.25) is 0 Å². The Balaban J connectivity index is 1.88. The summed E-state index contributed by atoms with van der Waals surface area (Å²) in [5.74, 6) is 0.255. The number of hydrogen-bond donors (Lipinski definition) is 1. The van der Waals surface area contributed by atoms with Crippen molar-refractivity contribution >= 4 is 5.97 Å². The molecule has 1 heterocycles. The van der Waals surface area contributed by atoms with Crippen molar-refractivity contribution in [2.75, 3.05) is 19.8 Å². The molecule has 0 aromatic heterocycles. The smallest absolute Gasteiger partial charge is 0.335 e. The zero-order valence-corrected chi connectivity index (χ0v) is 8.18. The third kappa shape index (κ3) is 2.47. The van der Waals surface area contributed by atoms with Gasteiger partial charge in [0.1, 0.15) is 5.75 Å². The molecule has 0 atom stereocenters. The van der Waals surface area contributed by atoms with Crippen LogP contribution < -0.4 is 4.74 Å². The van der Waals surface area contributed by atoms with Crippen LogP contribution in [0.2, 0.25) is 0 Å². The van der Waals surface area contributed by atoms with Crippen molar-refractivity contribution in [2.24, 2.45) is 5.92 Å². The fourth-order valence-electron chi connectivity index (χ4n) is 1.29. The van der Waals surface area contributed by atoms with E-state index in [4.69, 9.17) is 14.6 Å². The van der Waals surface area contributed by atoms with Gasteiger partial charge in [0.25, 0.3) is 0 Å². The second kappa shape index (κ2) is 4.31. The molecule has 0 spiro atoms. The highest BCUT2D eigenvalue weighted by Gasteiger charge is 2.18. The lowest BCUT2D eigenvalue weighted by atomic mass is 10.1. The molecule has 2 rings (SSSR count). The molecule has 1 aliphatic heterocycles. The molecular formula is C11H12O4. The predicted molar refractivity (Wildman–Crippen MR) is 53.2 cm³/mol. The minimum atomic E-state index is -0.922. The Morgan fingerprint density at radius 3 is 2.53 bits per heavy atom. The molecule has 1 aliphatic rings. The number of carboxylic acid groups (broad SMARTS) is 1. The molecule has 0 bridgehead atoms. The fraction of sp³-hybridized carbons (Fsp3) is 0.364. The Morgan fingerprint density at radius 1 is 1.40 bits per heavy atom. The molecule has 1 fully saturated rings. The van der Waals surface area contributed by atoms with Crippen LogP contribution in [-0.2, 0) is 4.74 Å². The third-order valence-corrected chi connectivity index (χ3v) is 2.29. The van der Waals surface area contributed by atoms with E-state index in [1.54, 1.807) is 12.1 Å². The molecule has 1 aromatic carbocycles. The first kappa shape index (κ1) is 9.98. The van der Waals surface area contributed by atoms with Crippen LogP contribution in [0.3, 0.4) is 0 Å². The molecular weight excluding hydrogens is 196 g/mol. The topological polar surface area (TPSA) is 55.8 Å². The predicted octanol–water partition coefficient (Wildman–Crippen LogP) is 1.41. The maximum atomic E-state index is 10.6. The first-order valence-electron chi connectivity index (χ1n) is 4.79. The number of hydrogen-bond acceptors (Lipinski definition) is 3. The summed E-state index contributed by atoms with van der Waals surface area (Å²) in [5.41, 5.74) is 0.273. The van der Waals surface area contributed by atoms with Gasteiger partial charge < -0.3 is 14.6 Å². The second-order valence-corrected chi connectivity index (χ2v) is 3.54. The molecule has 0 amide bonds. The average molecular weight is 208 g/mol. The van der Waals surface area contributed by atoms with Crippen molar-refractivity contribution in [2.45, 2.75) is 0 Å². The molecule has 4 nitrogen and oxygen atoms in total. The summed E-state index contributed by atoms with van der Waals surface area (Å²) in [5, 5.41) is 8.68. The standard InChI is InChI=1S/C11H12O4/c12-11(13)9-1-3-10(4-2-9)15-7-8-5-14-6-8/h1-4,8H,5-7H2,(H,12,13). The summed E-state index contributed by atoms with van der Waals surface area (Å²) in [6.45, 7) is 2.15. The largest absolute Gasteiger partial charge is 0.493 e. The normalized spacial score (nSPS) is 15.7. The van der Waals surface area contributed by atoms with Gasteiger partial charge in [0, 0.05) is 5.92 Å². The van der Waals surface area contributed by atoms with E-state index in [0.717, 1.165) is 13.2 Å². The molecule has 1 saturated heterocycles. The van der Waals surface area contributed by atoms with Crippen molar-refractivity contribution in [3.05, 3.63) is 29.8 Å². The van der Waals surface area contributed by atoms with Crippen LogP contribution in [0, 0.1) is 5.92 Å². The lowest BCUT2D eigenvalue weighted by molar-refractivity contribution is -0.0508. The van der Waals surface area contributed by atoms with E-state index in [1.165, 1.54) is 12.1 Å². The van der Waals surface area contributed by atoms with Crippen LogP contribution in [0.1, 0.15) is 10.4 Å². The summed E-state index contributed by atoms with van der Waals surface area (Å²) in [6.07, 6.45) is 0. The van der Waals surface area contributed by atoms with Crippen molar-refractivity contribution < 1.29 is 19.4 Å². The average Bonchev–Trinajstić information content (AvgIpc) is 2.16. The van der Waals surface area contributed by atoms with Gasteiger partial charge >= 0.3 is 5.97 Å². The molecule has 0 aliphatic carbocycles. The van der Waals surface area contributed by atoms with Gasteiger partial charge in [-0.1, -0.05) is 0 Å². The van der Waals surface area contributed by atoms with Crippen LogP contribution in [0.5, 0.6) is 5.75 Å². The number of rotatable bonds is 4. The highest BCUT2D eigenvalue weighted by atomic mass is 16.5. The van der Waals surface area contributed by atoms with Crippen LogP contribution in [0.4, 0.5) is 0 Å². The summed E-state index contributed by atoms with van der Waals surface area (Å²) >= 11 is 0. The molecule has 0 saturated carbocycles. The lowest BCUT2D eigenvalue weighted by Crippen LogP contribution is -2.32. The van der Waals surface area contributed by atoms with Crippen LogP contribution in [-0.4, -0.2) is 30.9 Å². The van der Waals surface area contributed by atoms with E-state index >= 15 is 0 Å². The van der Waals surface area contributed by atoms with Gasteiger partial charge in [0.05, 0.1) is 25.4 Å². The van der Waals surface area contributed by atoms with Crippen LogP contribution >= 0.6 is 0 Å². The van der Waals surface area contributed by atoms with Crippen LogP contribution in [0.15, 0.2) is 24.3 Å². The number of carboxylic acids is 1. The molecule has 80 valence electrons. The van der Waals surface area contributed by atoms with Gasteiger partial charge in [-0.15, -0.1) is 0 Å². The summed E-state index contributed by atoms with van der Waals surface area (Å²) in [4.78, 5) is 10.6. The van der Waals surface area contributed by atoms with Gasteiger partial charge in [0.15, 0.2) is 0 Å². The summed E-state index contributed by atoms with van der Waals surface area (Å²) < 4.78 is 10.5. The Kier molecular flexibility index (Phi) is 2.87. The molecule has 1 N–H and O–H groups in total. The van der Waals surface area contributed by atoms with Gasteiger partial charge in [-0.05, 0) is 24.3 Å². The number of ether oxygens (including phenoxy) is 2. The molecule has 1 aromatic rings. The minimum Gasteiger partial charge on any atom is -0.493 e. The van der Waals surface area contributed by atoms with E-state index in [2.05, 4.69) is 0 Å². The maximum Gasteiger partial charge on any atom is 0.335 e. The quantitative estimate of drug-likeness (QED) is 0.812. The molecule has 15 heavy (non-hydrogen) atoms. The van der Waals surface area contributed by atoms with Crippen molar-refractivity contribution in [1.29, 1.82) is 0 Å². The zero-order chi connectivity index (χ0) is 10.7. The lowest BCUT2D eigenvalue weighted by Gasteiger charge is -2.25. The summed E-state index contributed by atoms with van der Waals surface area (Å²) in [7, 11) is 0. The number of aromatic carboxylic acids is 1. The van der Waals surface area contributed by atoms with E-state index in [0.29, 0.717) is 18.3 Å². The highest BCUT2D eigenvalue weighted by Crippen LogP contribution is 2.16. The minimum absolute atomic E-state index is 0.273. The highest BCUT2D eigenvalue weighted by molar-refractivity contribution is 5.87. The Hall–Kier alpha value is -1.55. The van der Waals surface area contributed by atoms with Gasteiger partial charge in [0.2, 0.25) is 0 Å². The maximum absolute atomic E-state index is 10.6. The summed E-state index contributed by atoms with van der Waals surface area (Å²) in [6, 6.07) is 6.41. The first-order valence-corrected chi connectivity index (χ1v) is 4.79. The number of benzene rings is 1.